The van der Waals surface area contributed by atoms with Crippen molar-refractivity contribution >= 4 is 34.1 Å². The van der Waals surface area contributed by atoms with Crippen LogP contribution in [0.2, 0.25) is 5.02 Å². The largest absolute Gasteiger partial charge is 0.384 e. The number of halogens is 1. The highest BCUT2D eigenvalue weighted by molar-refractivity contribution is 6.31. The number of hydrogen-bond donors (Lipinski definition) is 2. The van der Waals surface area contributed by atoms with E-state index >= 15 is 0 Å². The summed E-state index contributed by atoms with van der Waals surface area (Å²) in [6.45, 7) is 1.44. The Hall–Kier alpha value is -1.93. The van der Waals surface area contributed by atoms with E-state index in [1.165, 1.54) is 32.1 Å². The van der Waals surface area contributed by atoms with E-state index in [0.717, 1.165) is 67.1 Å². The van der Waals surface area contributed by atoms with Crippen LogP contribution in [-0.4, -0.2) is 43.0 Å². The van der Waals surface area contributed by atoms with Crippen LogP contribution < -0.4 is 10.6 Å². The third kappa shape index (κ3) is 5.92. The number of methoxy groups -OCH3 is 1. The minimum atomic E-state index is -0.544. The van der Waals surface area contributed by atoms with E-state index in [4.69, 9.17) is 26.1 Å². The number of aromatic nitrogens is 1. The monoisotopic (exact) mass is 555 g/mol. The average Bonchev–Trinajstić information content (AvgIpc) is 2.93. The SMILES string of the molecule is COC1(OO[C@H]2CC[C@@H](CC(=O)NCCCNc3ccnc4cc(Cl)ccc34)CC2)C2CC3CC(C2)CC1C3. The van der Waals surface area contributed by atoms with Gasteiger partial charge in [0.1, 0.15) is 0 Å². The highest BCUT2D eigenvalue weighted by atomic mass is 35.5. The van der Waals surface area contributed by atoms with Crippen LogP contribution in [0.4, 0.5) is 5.69 Å². The molecule has 5 aliphatic carbocycles. The predicted octanol–water partition coefficient (Wildman–Crippen LogP) is 6.50. The van der Waals surface area contributed by atoms with Gasteiger partial charge in [-0.1, -0.05) is 11.6 Å². The lowest BCUT2D eigenvalue weighted by molar-refractivity contribution is -0.485. The molecule has 0 radical (unpaired) electrons. The van der Waals surface area contributed by atoms with Crippen molar-refractivity contribution in [1.29, 1.82) is 0 Å². The topological polar surface area (TPSA) is 81.7 Å². The van der Waals surface area contributed by atoms with E-state index in [9.17, 15) is 4.79 Å². The van der Waals surface area contributed by atoms with Gasteiger partial charge in [0.2, 0.25) is 11.7 Å². The molecule has 2 aromatic rings. The fraction of sp³-hybridized carbons (Fsp3) is 0.677. The van der Waals surface area contributed by atoms with E-state index in [0.29, 0.717) is 35.7 Å². The number of anilines is 1. The second-order valence-electron chi connectivity index (χ2n) is 12.4. The minimum absolute atomic E-state index is 0.0971. The summed E-state index contributed by atoms with van der Waals surface area (Å²) in [5.74, 6) is 2.67. The van der Waals surface area contributed by atoms with Crippen molar-refractivity contribution < 1.29 is 19.3 Å². The number of benzene rings is 1. The summed E-state index contributed by atoms with van der Waals surface area (Å²) in [6, 6.07) is 7.70. The van der Waals surface area contributed by atoms with Crippen molar-refractivity contribution in [2.24, 2.45) is 29.6 Å². The van der Waals surface area contributed by atoms with Crippen LogP contribution in [-0.2, 0) is 19.3 Å². The van der Waals surface area contributed by atoms with Crippen molar-refractivity contribution in [2.45, 2.75) is 82.5 Å². The third-order valence-corrected chi connectivity index (χ3v) is 10.1. The maximum atomic E-state index is 12.6. The zero-order chi connectivity index (χ0) is 26.8. The van der Waals surface area contributed by atoms with Gasteiger partial charge in [0.05, 0.1) is 11.6 Å². The molecule has 0 spiro atoms. The third-order valence-electron chi connectivity index (χ3n) is 9.87. The van der Waals surface area contributed by atoms with Crippen LogP contribution in [0.3, 0.4) is 0 Å². The Kier molecular flexibility index (Phi) is 8.31. The van der Waals surface area contributed by atoms with Gasteiger partial charge >= 0.3 is 0 Å². The Bertz CT molecular complexity index is 1120. The number of pyridine rings is 1. The van der Waals surface area contributed by atoms with Crippen molar-refractivity contribution in [2.75, 3.05) is 25.5 Å². The van der Waals surface area contributed by atoms with Crippen LogP contribution >= 0.6 is 11.6 Å². The lowest BCUT2D eigenvalue weighted by Gasteiger charge is -2.58. The number of amides is 1. The van der Waals surface area contributed by atoms with Gasteiger partial charge < -0.3 is 15.4 Å². The van der Waals surface area contributed by atoms with Gasteiger partial charge in [0.25, 0.3) is 0 Å². The molecular formula is C31H42ClN3O4. The molecule has 212 valence electrons. The second-order valence-corrected chi connectivity index (χ2v) is 12.8. The van der Waals surface area contributed by atoms with E-state index < -0.39 is 5.79 Å². The molecule has 1 heterocycles. The van der Waals surface area contributed by atoms with Gasteiger partial charge in [-0.2, -0.15) is 0 Å². The lowest BCUT2D eigenvalue weighted by atomic mass is 9.53. The van der Waals surface area contributed by atoms with Crippen LogP contribution in [0.15, 0.2) is 30.5 Å². The predicted molar refractivity (Wildman–Crippen MR) is 152 cm³/mol. The van der Waals surface area contributed by atoms with E-state index in [1.54, 1.807) is 13.3 Å². The lowest BCUT2D eigenvalue weighted by Crippen LogP contribution is -2.60. The molecule has 1 aromatic heterocycles. The number of ether oxygens (including phenoxy) is 1. The average molecular weight is 556 g/mol. The molecule has 5 aliphatic rings. The first kappa shape index (κ1) is 27.3. The number of nitrogens with one attached hydrogen (secondary N) is 2. The first-order valence-electron chi connectivity index (χ1n) is 15.0. The normalized spacial score (nSPS) is 33.4. The fourth-order valence-electron chi connectivity index (χ4n) is 8.07. The number of nitrogens with zero attached hydrogens (tertiary/aromatic N) is 1. The van der Waals surface area contributed by atoms with Gasteiger partial charge in [-0.15, -0.1) is 0 Å². The molecule has 7 nitrogen and oxygen atoms in total. The van der Waals surface area contributed by atoms with Crippen LogP contribution in [0.5, 0.6) is 0 Å². The summed E-state index contributed by atoms with van der Waals surface area (Å²) in [6.07, 6.45) is 13.5. The summed E-state index contributed by atoms with van der Waals surface area (Å²) in [7, 11) is 1.80. The highest BCUT2D eigenvalue weighted by Crippen LogP contribution is 2.60. The van der Waals surface area contributed by atoms with Crippen LogP contribution in [0.1, 0.15) is 70.6 Å². The molecule has 1 amide bonds. The number of carbonyl (C=O) groups excluding carboxylic acids is 1. The van der Waals surface area contributed by atoms with Crippen LogP contribution in [0, 0.1) is 29.6 Å². The maximum absolute atomic E-state index is 12.6. The van der Waals surface area contributed by atoms with Crippen molar-refractivity contribution in [3.63, 3.8) is 0 Å². The molecule has 0 unspecified atom stereocenters. The van der Waals surface area contributed by atoms with E-state index in [2.05, 4.69) is 15.6 Å². The summed E-state index contributed by atoms with van der Waals surface area (Å²) in [4.78, 5) is 29.3. The molecular weight excluding hydrogens is 514 g/mol. The molecule has 2 N–H and O–H groups in total. The van der Waals surface area contributed by atoms with Gasteiger partial charge in [-0.05, 0) is 106 Å². The molecule has 1 aromatic carbocycles. The van der Waals surface area contributed by atoms with Gasteiger partial charge in [0, 0.05) is 60.7 Å². The summed E-state index contributed by atoms with van der Waals surface area (Å²) < 4.78 is 6.07. The standard InChI is InChI=1S/C31H42ClN3O4/c1-37-31(23-14-21-13-22(16-23)17-24(31)15-21)39-38-26-6-3-20(4-7-26)18-30(36)35-11-2-10-33-28-9-12-34-29-19-25(32)5-8-27(28)29/h5,8-9,12,19-24,26H,2-4,6-7,10-11,13-18H2,1H3,(H,33,34)(H,35,36)/t20-,21?,22?,23?,24?,26+,31?. The molecule has 5 saturated carbocycles. The van der Waals surface area contributed by atoms with E-state index in [-0.39, 0.29) is 12.0 Å². The summed E-state index contributed by atoms with van der Waals surface area (Å²) >= 11 is 6.08. The van der Waals surface area contributed by atoms with Crippen molar-refractivity contribution in [3.05, 3.63) is 35.5 Å². The zero-order valence-corrected chi connectivity index (χ0v) is 23.8. The number of carbonyl (C=O) groups is 1. The summed E-state index contributed by atoms with van der Waals surface area (Å²) in [5, 5.41) is 8.29. The molecule has 5 fully saturated rings. The molecule has 39 heavy (non-hydrogen) atoms. The van der Waals surface area contributed by atoms with E-state index in [1.807, 2.05) is 24.3 Å². The highest BCUT2D eigenvalue weighted by Gasteiger charge is 2.60. The maximum Gasteiger partial charge on any atom is 0.220 e. The smallest absolute Gasteiger partial charge is 0.220 e. The Balaban J connectivity index is 0.876. The first-order chi connectivity index (χ1) is 19.0. The molecule has 7 rings (SSSR count). The number of fused-ring (bicyclic) bond motifs is 1. The first-order valence-corrected chi connectivity index (χ1v) is 15.3. The molecule has 0 atom stereocenters. The Morgan fingerprint density at radius 1 is 1.03 bits per heavy atom. The molecule has 8 heteroatoms. The van der Waals surface area contributed by atoms with Crippen molar-refractivity contribution in [1.82, 2.24) is 10.3 Å². The quantitative estimate of drug-likeness (QED) is 0.142. The van der Waals surface area contributed by atoms with Crippen molar-refractivity contribution in [3.8, 4) is 0 Å². The Morgan fingerprint density at radius 3 is 2.49 bits per heavy atom. The van der Waals surface area contributed by atoms with Gasteiger partial charge in [-0.3, -0.25) is 9.78 Å². The van der Waals surface area contributed by atoms with Gasteiger partial charge in [0.15, 0.2) is 0 Å². The second kappa shape index (κ2) is 11.9. The molecule has 4 bridgehead atoms. The fourth-order valence-corrected chi connectivity index (χ4v) is 8.24. The number of hydrogen-bond acceptors (Lipinski definition) is 6. The molecule has 0 aliphatic heterocycles. The molecule has 0 saturated heterocycles. The van der Waals surface area contributed by atoms with Gasteiger partial charge in [-0.25, -0.2) is 9.78 Å². The summed E-state index contributed by atoms with van der Waals surface area (Å²) in [5.41, 5.74) is 1.91. The zero-order valence-electron chi connectivity index (χ0n) is 23.0. The Morgan fingerprint density at radius 2 is 1.77 bits per heavy atom. The minimum Gasteiger partial charge on any atom is -0.384 e. The van der Waals surface area contributed by atoms with Crippen LogP contribution in [0.25, 0.3) is 10.9 Å². The Labute approximate surface area is 236 Å². The number of rotatable bonds is 11.